The average molecular weight is 296 g/mol. The van der Waals surface area contributed by atoms with Gasteiger partial charge in [0.2, 0.25) is 5.91 Å². The topological polar surface area (TPSA) is 75.3 Å². The summed E-state index contributed by atoms with van der Waals surface area (Å²) in [6.45, 7) is 4.73. The molecule has 0 radical (unpaired) electrons. The fourth-order valence-electron chi connectivity index (χ4n) is 2.53. The van der Waals surface area contributed by atoms with Crippen molar-refractivity contribution in [3.8, 4) is 0 Å². The Kier molecular flexibility index (Phi) is 4.52. The molecular weight excluding hydrogens is 272 g/mol. The van der Waals surface area contributed by atoms with Gasteiger partial charge in [-0.05, 0) is 42.5 Å². The van der Waals surface area contributed by atoms with Crippen LogP contribution in [0.3, 0.4) is 0 Å². The highest BCUT2D eigenvalue weighted by atomic mass is 32.1. The van der Waals surface area contributed by atoms with Gasteiger partial charge >= 0.3 is 0 Å². The molecule has 1 aliphatic carbocycles. The quantitative estimate of drug-likeness (QED) is 0.797. The molecule has 1 heterocycles. The Bertz CT molecular complexity index is 446. The van der Waals surface area contributed by atoms with Crippen LogP contribution in [0.2, 0.25) is 0 Å². The highest BCUT2D eigenvalue weighted by Gasteiger charge is 2.37. The Hall–Kier alpha value is -0.910. The number of nitrogens with one attached hydrogen (secondary N) is 1. The monoisotopic (exact) mass is 296 g/mol. The summed E-state index contributed by atoms with van der Waals surface area (Å²) < 4.78 is 0. The molecule has 0 bridgehead atoms. The zero-order valence-electron chi connectivity index (χ0n) is 12.2. The molecule has 0 aromatic carbocycles. The number of nitrogens with two attached hydrogens (primary N) is 1. The van der Waals surface area contributed by atoms with Gasteiger partial charge in [-0.15, -0.1) is 11.3 Å². The van der Waals surface area contributed by atoms with E-state index in [0.717, 1.165) is 30.6 Å². The van der Waals surface area contributed by atoms with Gasteiger partial charge in [-0.25, -0.2) is 0 Å². The molecular formula is C15H24N2O2S. The second-order valence-corrected chi connectivity index (χ2v) is 7.58. The van der Waals surface area contributed by atoms with Crippen LogP contribution in [0, 0.1) is 5.41 Å². The average Bonchev–Trinajstić information content (AvgIpc) is 2.93. The van der Waals surface area contributed by atoms with Crippen LogP contribution in [-0.4, -0.2) is 23.2 Å². The van der Waals surface area contributed by atoms with E-state index in [2.05, 4.69) is 19.2 Å². The summed E-state index contributed by atoms with van der Waals surface area (Å²) in [5.74, 6) is -0.217. The van der Waals surface area contributed by atoms with Crippen molar-refractivity contribution in [1.82, 2.24) is 5.32 Å². The second-order valence-electron chi connectivity index (χ2n) is 6.60. The van der Waals surface area contributed by atoms with Crippen LogP contribution < -0.4 is 11.1 Å². The van der Waals surface area contributed by atoms with E-state index < -0.39 is 11.6 Å². The van der Waals surface area contributed by atoms with Gasteiger partial charge < -0.3 is 16.2 Å². The van der Waals surface area contributed by atoms with Crippen molar-refractivity contribution in [2.45, 2.75) is 51.2 Å². The molecule has 4 N–H and O–H groups in total. The summed E-state index contributed by atoms with van der Waals surface area (Å²) in [6, 6.07) is 3.09. The molecule has 1 aliphatic rings. The highest BCUT2D eigenvalue weighted by Crippen LogP contribution is 2.39. The summed E-state index contributed by atoms with van der Waals surface area (Å²) >= 11 is 1.47. The standard InChI is InChI=1S/C15H24N2O2S/c1-14(2)5-7-15(19,8-6-14)10-17-13(18)12(16)11-4-3-9-20-11/h3-4,9,12,19H,5-8,10,16H2,1-2H3,(H,17,18). The Labute approximate surface area is 124 Å². The molecule has 5 heteroatoms. The van der Waals surface area contributed by atoms with Crippen LogP contribution in [0.5, 0.6) is 0 Å². The molecule has 20 heavy (non-hydrogen) atoms. The number of carbonyl (C=O) groups is 1. The molecule has 1 aromatic rings. The first-order valence-corrected chi connectivity index (χ1v) is 7.98. The van der Waals surface area contributed by atoms with Gasteiger partial charge in [0.15, 0.2) is 0 Å². The molecule has 1 aromatic heterocycles. The third kappa shape index (κ3) is 3.81. The maximum atomic E-state index is 12.0. The minimum absolute atomic E-state index is 0.217. The predicted octanol–water partition coefficient (Wildman–Crippen LogP) is 2.20. The third-order valence-corrected chi connectivity index (χ3v) is 5.21. The summed E-state index contributed by atoms with van der Waals surface area (Å²) in [6.07, 6.45) is 3.43. The van der Waals surface area contributed by atoms with Crippen molar-refractivity contribution in [3.63, 3.8) is 0 Å². The van der Waals surface area contributed by atoms with E-state index in [4.69, 9.17) is 5.73 Å². The predicted molar refractivity (Wildman–Crippen MR) is 81.5 cm³/mol. The number of rotatable bonds is 4. The van der Waals surface area contributed by atoms with Gasteiger partial charge in [-0.3, -0.25) is 4.79 Å². The van der Waals surface area contributed by atoms with Crippen molar-refractivity contribution in [1.29, 1.82) is 0 Å². The molecule has 1 amide bonds. The van der Waals surface area contributed by atoms with Crippen molar-refractivity contribution < 1.29 is 9.90 Å². The van der Waals surface area contributed by atoms with Crippen LogP contribution in [-0.2, 0) is 4.79 Å². The minimum atomic E-state index is -0.777. The lowest BCUT2D eigenvalue weighted by atomic mass is 9.71. The molecule has 4 nitrogen and oxygen atoms in total. The highest BCUT2D eigenvalue weighted by molar-refractivity contribution is 7.10. The molecule has 0 aliphatic heterocycles. The summed E-state index contributed by atoms with van der Waals surface area (Å²) in [4.78, 5) is 12.9. The van der Waals surface area contributed by atoms with Crippen molar-refractivity contribution in [2.24, 2.45) is 11.1 Å². The van der Waals surface area contributed by atoms with Gasteiger partial charge in [-0.1, -0.05) is 19.9 Å². The SMILES string of the molecule is CC1(C)CCC(O)(CNC(=O)C(N)c2cccs2)CC1. The van der Waals surface area contributed by atoms with Crippen LogP contribution in [0.4, 0.5) is 0 Å². The minimum Gasteiger partial charge on any atom is -0.388 e. The molecule has 2 rings (SSSR count). The van der Waals surface area contributed by atoms with Crippen molar-refractivity contribution >= 4 is 17.2 Å². The second kappa shape index (κ2) is 5.84. The van der Waals surface area contributed by atoms with Gasteiger partial charge in [-0.2, -0.15) is 0 Å². The normalized spacial score (nSPS) is 22.2. The van der Waals surface area contributed by atoms with Crippen LogP contribution in [0.25, 0.3) is 0 Å². The maximum Gasteiger partial charge on any atom is 0.242 e. The van der Waals surface area contributed by atoms with Crippen molar-refractivity contribution in [3.05, 3.63) is 22.4 Å². The third-order valence-electron chi connectivity index (χ3n) is 4.26. The van der Waals surface area contributed by atoms with Crippen LogP contribution in [0.15, 0.2) is 17.5 Å². The fourth-order valence-corrected chi connectivity index (χ4v) is 3.25. The van der Waals surface area contributed by atoms with E-state index in [0.29, 0.717) is 12.0 Å². The van der Waals surface area contributed by atoms with E-state index in [9.17, 15) is 9.90 Å². The van der Waals surface area contributed by atoms with Crippen molar-refractivity contribution in [2.75, 3.05) is 6.54 Å². The van der Waals surface area contributed by atoms with E-state index in [-0.39, 0.29) is 5.91 Å². The zero-order valence-corrected chi connectivity index (χ0v) is 13.0. The Morgan fingerprint density at radius 2 is 2.10 bits per heavy atom. The number of hydrogen-bond donors (Lipinski definition) is 3. The van der Waals surface area contributed by atoms with Gasteiger partial charge in [0.05, 0.1) is 5.60 Å². The van der Waals surface area contributed by atoms with Gasteiger partial charge in [0, 0.05) is 11.4 Å². The van der Waals surface area contributed by atoms with Crippen LogP contribution in [0.1, 0.15) is 50.4 Å². The molecule has 0 saturated heterocycles. The Morgan fingerprint density at radius 3 is 2.65 bits per heavy atom. The molecule has 112 valence electrons. The molecule has 1 atom stereocenters. The largest absolute Gasteiger partial charge is 0.388 e. The number of amides is 1. The summed E-state index contributed by atoms with van der Waals surface area (Å²) in [5.41, 5.74) is 5.42. The first kappa shape index (κ1) is 15.5. The zero-order chi connectivity index (χ0) is 14.8. The van der Waals surface area contributed by atoms with Gasteiger partial charge in [0.25, 0.3) is 0 Å². The lowest BCUT2D eigenvalue weighted by molar-refractivity contribution is -0.124. The van der Waals surface area contributed by atoms with E-state index in [1.807, 2.05) is 17.5 Å². The lowest BCUT2D eigenvalue weighted by Crippen LogP contribution is -2.48. The molecule has 1 fully saturated rings. The molecule has 1 saturated carbocycles. The maximum absolute atomic E-state index is 12.0. The molecule has 0 spiro atoms. The first-order valence-electron chi connectivity index (χ1n) is 7.10. The van der Waals surface area contributed by atoms with E-state index in [1.165, 1.54) is 11.3 Å². The molecule has 1 unspecified atom stereocenters. The number of hydrogen-bond acceptors (Lipinski definition) is 4. The van der Waals surface area contributed by atoms with E-state index >= 15 is 0 Å². The smallest absolute Gasteiger partial charge is 0.242 e. The lowest BCUT2D eigenvalue weighted by Gasteiger charge is -2.40. The Morgan fingerprint density at radius 1 is 1.45 bits per heavy atom. The fraction of sp³-hybridized carbons (Fsp3) is 0.667. The number of thiophene rings is 1. The van der Waals surface area contributed by atoms with Crippen LogP contribution >= 0.6 is 11.3 Å². The number of carbonyl (C=O) groups excluding carboxylic acids is 1. The van der Waals surface area contributed by atoms with E-state index in [1.54, 1.807) is 0 Å². The number of aliphatic hydroxyl groups is 1. The van der Waals surface area contributed by atoms with Gasteiger partial charge in [0.1, 0.15) is 6.04 Å². The summed E-state index contributed by atoms with van der Waals surface area (Å²) in [7, 11) is 0. The Balaban J connectivity index is 1.84. The summed E-state index contributed by atoms with van der Waals surface area (Å²) in [5, 5.41) is 15.2. The first-order chi connectivity index (χ1) is 9.31.